The van der Waals surface area contributed by atoms with Gasteiger partial charge in [-0.05, 0) is 13.3 Å². The minimum atomic E-state index is -0.334. The first-order chi connectivity index (χ1) is 5.07. The number of nitrogens with one attached hydrogen (secondary N) is 1. The highest BCUT2D eigenvalue weighted by molar-refractivity contribution is 5.84. The molecule has 1 unspecified atom stereocenters. The van der Waals surface area contributed by atoms with Crippen LogP contribution in [0.1, 0.15) is 34.1 Å². The Hall–Kier alpha value is -0.570. The summed E-state index contributed by atoms with van der Waals surface area (Å²) in [6, 6.07) is 0. The molecule has 1 aliphatic rings. The van der Waals surface area contributed by atoms with Crippen molar-refractivity contribution in [2.45, 2.75) is 39.8 Å². The molecule has 0 aliphatic carbocycles. The van der Waals surface area contributed by atoms with E-state index in [-0.39, 0.29) is 5.72 Å². The summed E-state index contributed by atoms with van der Waals surface area (Å²) in [5.74, 6) is 1.37. The largest absolute Gasteiger partial charge is 0.250 e. The van der Waals surface area contributed by atoms with Crippen LogP contribution in [-0.4, -0.2) is 11.6 Å². The van der Waals surface area contributed by atoms with Crippen molar-refractivity contribution in [3.63, 3.8) is 0 Å². The molecule has 3 heteroatoms. The van der Waals surface area contributed by atoms with Crippen molar-refractivity contribution in [1.29, 1.82) is 0 Å². The topological polar surface area (TPSA) is 33.6 Å². The SMILES string of the molecule is CCC1(C)N=C(C(C)C)NO1. The van der Waals surface area contributed by atoms with E-state index in [4.69, 9.17) is 4.84 Å². The van der Waals surface area contributed by atoms with Gasteiger partial charge in [-0.3, -0.25) is 5.48 Å². The molecule has 64 valence electrons. The van der Waals surface area contributed by atoms with Crippen LogP contribution >= 0.6 is 0 Å². The zero-order chi connectivity index (χ0) is 8.48. The number of aliphatic imine (C=N–C) groups is 1. The van der Waals surface area contributed by atoms with Crippen LogP contribution in [-0.2, 0) is 4.84 Å². The van der Waals surface area contributed by atoms with Crippen LogP contribution in [0.4, 0.5) is 0 Å². The zero-order valence-electron chi connectivity index (χ0n) is 7.64. The Labute approximate surface area is 67.8 Å². The number of hydrogen-bond donors (Lipinski definition) is 1. The lowest BCUT2D eigenvalue weighted by Gasteiger charge is -2.14. The molecular formula is C8H16N2O. The van der Waals surface area contributed by atoms with Gasteiger partial charge in [0.05, 0.1) is 0 Å². The van der Waals surface area contributed by atoms with E-state index in [1.54, 1.807) is 0 Å². The van der Waals surface area contributed by atoms with Gasteiger partial charge in [-0.15, -0.1) is 0 Å². The van der Waals surface area contributed by atoms with Crippen molar-refractivity contribution in [3.8, 4) is 0 Å². The molecule has 1 rings (SSSR count). The Balaban J connectivity index is 2.67. The molecule has 0 aromatic rings. The maximum Gasteiger partial charge on any atom is 0.184 e. The molecule has 0 aromatic heterocycles. The second-order valence-electron chi connectivity index (χ2n) is 3.38. The van der Waals surface area contributed by atoms with Crippen molar-refractivity contribution in [2.75, 3.05) is 0 Å². The molecule has 1 heterocycles. The van der Waals surface area contributed by atoms with Crippen LogP contribution in [0.2, 0.25) is 0 Å². The molecule has 11 heavy (non-hydrogen) atoms. The third-order valence-electron chi connectivity index (χ3n) is 1.94. The van der Waals surface area contributed by atoms with Crippen LogP contribution in [0.25, 0.3) is 0 Å². The number of rotatable bonds is 2. The van der Waals surface area contributed by atoms with Gasteiger partial charge in [0, 0.05) is 5.92 Å². The summed E-state index contributed by atoms with van der Waals surface area (Å²) in [5.41, 5.74) is 2.51. The molecule has 3 nitrogen and oxygen atoms in total. The van der Waals surface area contributed by atoms with E-state index in [9.17, 15) is 0 Å². The average molecular weight is 156 g/mol. The van der Waals surface area contributed by atoms with Gasteiger partial charge in [0.2, 0.25) is 0 Å². The lowest BCUT2D eigenvalue weighted by atomic mass is 10.2. The molecular weight excluding hydrogens is 140 g/mol. The molecule has 1 aliphatic heterocycles. The highest BCUT2D eigenvalue weighted by Crippen LogP contribution is 2.21. The lowest BCUT2D eigenvalue weighted by Crippen LogP contribution is -2.26. The van der Waals surface area contributed by atoms with Crippen LogP contribution in [0.5, 0.6) is 0 Å². The monoisotopic (exact) mass is 156 g/mol. The Bertz CT molecular complexity index is 177. The summed E-state index contributed by atoms with van der Waals surface area (Å²) in [5, 5.41) is 0. The lowest BCUT2D eigenvalue weighted by molar-refractivity contribution is -0.0435. The molecule has 0 fully saturated rings. The van der Waals surface area contributed by atoms with Crippen LogP contribution in [0.3, 0.4) is 0 Å². The zero-order valence-corrected chi connectivity index (χ0v) is 7.64. The van der Waals surface area contributed by atoms with Gasteiger partial charge >= 0.3 is 0 Å². The van der Waals surface area contributed by atoms with Gasteiger partial charge < -0.3 is 0 Å². The van der Waals surface area contributed by atoms with Gasteiger partial charge in [-0.25, -0.2) is 9.83 Å². The maximum atomic E-state index is 5.31. The van der Waals surface area contributed by atoms with Gasteiger partial charge in [0.25, 0.3) is 0 Å². The van der Waals surface area contributed by atoms with Crippen molar-refractivity contribution in [1.82, 2.24) is 5.48 Å². The van der Waals surface area contributed by atoms with Gasteiger partial charge in [-0.2, -0.15) is 0 Å². The number of hydrogen-bond acceptors (Lipinski definition) is 3. The second kappa shape index (κ2) is 2.81. The quantitative estimate of drug-likeness (QED) is 0.660. The van der Waals surface area contributed by atoms with Crippen molar-refractivity contribution >= 4 is 5.84 Å². The Morgan fingerprint density at radius 3 is 2.55 bits per heavy atom. The molecule has 1 atom stereocenters. The second-order valence-corrected chi connectivity index (χ2v) is 3.38. The molecule has 0 bridgehead atoms. The van der Waals surface area contributed by atoms with E-state index >= 15 is 0 Å². The fourth-order valence-corrected chi connectivity index (χ4v) is 0.861. The normalized spacial score (nSPS) is 30.5. The molecule has 0 spiro atoms. The number of hydroxylamine groups is 1. The van der Waals surface area contributed by atoms with Crippen LogP contribution < -0.4 is 5.48 Å². The van der Waals surface area contributed by atoms with Crippen LogP contribution in [0, 0.1) is 5.92 Å². The van der Waals surface area contributed by atoms with Gasteiger partial charge in [0.15, 0.2) is 5.72 Å². The van der Waals surface area contributed by atoms with E-state index in [0.717, 1.165) is 12.3 Å². The van der Waals surface area contributed by atoms with E-state index in [0.29, 0.717) is 5.92 Å². The van der Waals surface area contributed by atoms with Gasteiger partial charge in [-0.1, -0.05) is 20.8 Å². The first-order valence-corrected chi connectivity index (χ1v) is 4.11. The molecule has 0 saturated carbocycles. The summed E-state index contributed by atoms with van der Waals surface area (Å²) >= 11 is 0. The smallest absolute Gasteiger partial charge is 0.184 e. The third kappa shape index (κ3) is 1.71. The van der Waals surface area contributed by atoms with Crippen molar-refractivity contribution < 1.29 is 4.84 Å². The van der Waals surface area contributed by atoms with E-state index < -0.39 is 0 Å². The number of nitrogens with zero attached hydrogens (tertiary/aromatic N) is 1. The molecule has 0 amide bonds. The minimum absolute atomic E-state index is 0.334. The molecule has 0 saturated heterocycles. The summed E-state index contributed by atoms with van der Waals surface area (Å²) in [6.07, 6.45) is 0.899. The fraction of sp³-hybridized carbons (Fsp3) is 0.875. The Morgan fingerprint density at radius 2 is 2.27 bits per heavy atom. The first-order valence-electron chi connectivity index (χ1n) is 4.11. The molecule has 0 radical (unpaired) electrons. The van der Waals surface area contributed by atoms with Crippen LogP contribution in [0.15, 0.2) is 4.99 Å². The summed E-state index contributed by atoms with van der Waals surface area (Å²) < 4.78 is 0. The van der Waals surface area contributed by atoms with Crippen molar-refractivity contribution in [3.05, 3.63) is 0 Å². The highest BCUT2D eigenvalue weighted by Gasteiger charge is 2.29. The fourth-order valence-electron chi connectivity index (χ4n) is 0.861. The average Bonchev–Trinajstić information content (AvgIpc) is 2.33. The molecule has 1 N–H and O–H groups in total. The van der Waals surface area contributed by atoms with Gasteiger partial charge in [0.1, 0.15) is 5.84 Å². The minimum Gasteiger partial charge on any atom is -0.250 e. The van der Waals surface area contributed by atoms with Crippen molar-refractivity contribution in [2.24, 2.45) is 10.9 Å². The standard InChI is InChI=1S/C8H16N2O/c1-5-8(4)9-7(6(2)3)10-11-8/h6H,5H2,1-4H3,(H,9,10). The van der Waals surface area contributed by atoms with E-state index in [2.05, 4.69) is 31.2 Å². The Kier molecular flexibility index (Phi) is 2.18. The number of amidine groups is 1. The predicted molar refractivity (Wildman–Crippen MR) is 45.2 cm³/mol. The summed E-state index contributed by atoms with van der Waals surface area (Å²) in [7, 11) is 0. The summed E-state index contributed by atoms with van der Waals surface area (Å²) in [6.45, 7) is 8.23. The van der Waals surface area contributed by atoms with E-state index in [1.165, 1.54) is 0 Å². The maximum absolute atomic E-state index is 5.31. The highest BCUT2D eigenvalue weighted by atomic mass is 16.7. The first kappa shape index (κ1) is 8.53. The Morgan fingerprint density at radius 1 is 1.64 bits per heavy atom. The molecule has 0 aromatic carbocycles. The van der Waals surface area contributed by atoms with E-state index in [1.807, 2.05) is 6.92 Å². The third-order valence-corrected chi connectivity index (χ3v) is 1.94. The summed E-state index contributed by atoms with van der Waals surface area (Å²) in [4.78, 5) is 9.73. The predicted octanol–water partition coefficient (Wildman–Crippen LogP) is 1.70.